The number of piperidine rings is 1. The SMILES string of the molecule is NS(=O)(=O)c1ncc(C(=O)N2CCC(c3ccc(F)cc3)CC2)c(N[C@H]2C[C@@H]3CC[C@H]2O3)c1Cl. The number of ether oxygens (including phenoxy) is 1. The minimum atomic E-state index is -4.17. The van der Waals surface area contributed by atoms with Crippen LogP contribution in [0.1, 0.15) is 53.9 Å². The molecule has 3 saturated heterocycles. The van der Waals surface area contributed by atoms with E-state index in [0.717, 1.165) is 37.7 Å². The normalized spacial score (nSPS) is 25.0. The molecular formula is C23H26ClFN4O4S. The number of anilines is 1. The number of pyridine rings is 1. The number of benzene rings is 1. The first-order valence-electron chi connectivity index (χ1n) is 11.4. The molecule has 1 amide bonds. The summed E-state index contributed by atoms with van der Waals surface area (Å²) in [5.74, 6) is -0.316. The molecule has 0 unspecified atom stereocenters. The van der Waals surface area contributed by atoms with Crippen LogP contribution in [0.4, 0.5) is 10.1 Å². The lowest BCUT2D eigenvalue weighted by Gasteiger charge is -2.33. The second kappa shape index (κ2) is 9.07. The standard InChI is InChI=1S/C23H26ClFN4O4S/c24-20-21(28-18-11-16-5-6-19(18)33-16)17(12-27-22(20)34(26,31)32)23(30)29-9-7-14(8-10-29)13-1-3-15(25)4-2-13/h1-4,12,14,16,18-19H,5-11H2,(H,27,28)(H2,26,31,32)/t16-,18-,19+/m0/s1. The van der Waals surface area contributed by atoms with E-state index in [9.17, 15) is 17.6 Å². The van der Waals surface area contributed by atoms with E-state index in [4.69, 9.17) is 21.5 Å². The Bertz CT molecular complexity index is 1200. The number of rotatable bonds is 5. The number of halogens is 2. The third-order valence-electron chi connectivity index (χ3n) is 7.05. The Labute approximate surface area is 202 Å². The molecule has 3 aliphatic heterocycles. The molecule has 3 aliphatic rings. The highest BCUT2D eigenvalue weighted by molar-refractivity contribution is 7.89. The Hall–Kier alpha value is -2.27. The molecule has 182 valence electrons. The Kier molecular flexibility index (Phi) is 6.26. The van der Waals surface area contributed by atoms with Crippen molar-refractivity contribution in [2.75, 3.05) is 18.4 Å². The van der Waals surface area contributed by atoms with Crippen molar-refractivity contribution in [3.05, 3.63) is 52.4 Å². The van der Waals surface area contributed by atoms with Crippen LogP contribution in [0.2, 0.25) is 5.02 Å². The Morgan fingerprint density at radius 3 is 2.47 bits per heavy atom. The van der Waals surface area contributed by atoms with Gasteiger partial charge < -0.3 is 15.0 Å². The van der Waals surface area contributed by atoms with Crippen LogP contribution in [0.5, 0.6) is 0 Å². The lowest BCUT2D eigenvalue weighted by Crippen LogP contribution is -2.39. The van der Waals surface area contributed by atoms with Crippen molar-refractivity contribution in [2.45, 2.75) is 61.3 Å². The van der Waals surface area contributed by atoms with Gasteiger partial charge in [-0.05, 0) is 55.7 Å². The topological polar surface area (TPSA) is 115 Å². The monoisotopic (exact) mass is 508 g/mol. The van der Waals surface area contributed by atoms with Crippen molar-refractivity contribution in [3.8, 4) is 0 Å². The Morgan fingerprint density at radius 2 is 1.88 bits per heavy atom. The minimum Gasteiger partial charge on any atom is -0.378 e. The van der Waals surface area contributed by atoms with Crippen LogP contribution < -0.4 is 10.5 Å². The van der Waals surface area contributed by atoms with Gasteiger partial charge in [0.15, 0.2) is 5.03 Å². The predicted octanol–water partition coefficient (Wildman–Crippen LogP) is 3.27. The molecule has 2 bridgehead atoms. The van der Waals surface area contributed by atoms with Gasteiger partial charge in [0.05, 0.1) is 29.5 Å². The van der Waals surface area contributed by atoms with Crippen LogP contribution in [0.15, 0.2) is 35.5 Å². The van der Waals surface area contributed by atoms with Crippen LogP contribution in [-0.2, 0) is 14.8 Å². The van der Waals surface area contributed by atoms with Crippen LogP contribution in [-0.4, -0.2) is 55.5 Å². The first-order chi connectivity index (χ1) is 16.2. The van der Waals surface area contributed by atoms with Crippen molar-refractivity contribution in [1.29, 1.82) is 0 Å². The maximum Gasteiger partial charge on any atom is 0.257 e. The fourth-order valence-electron chi connectivity index (χ4n) is 5.27. The first kappa shape index (κ1) is 23.5. The van der Waals surface area contributed by atoms with E-state index < -0.39 is 15.0 Å². The number of primary sulfonamides is 1. The van der Waals surface area contributed by atoms with E-state index >= 15 is 0 Å². The molecule has 34 heavy (non-hydrogen) atoms. The molecule has 1 aromatic carbocycles. The molecule has 0 radical (unpaired) electrons. The number of likely N-dealkylation sites (tertiary alicyclic amines) is 1. The molecular weight excluding hydrogens is 483 g/mol. The van der Waals surface area contributed by atoms with Crippen LogP contribution in [0.25, 0.3) is 0 Å². The van der Waals surface area contributed by atoms with Crippen LogP contribution >= 0.6 is 11.6 Å². The second-order valence-electron chi connectivity index (χ2n) is 9.19. The van der Waals surface area contributed by atoms with Crippen molar-refractivity contribution in [3.63, 3.8) is 0 Å². The molecule has 3 N–H and O–H groups in total. The molecule has 3 fully saturated rings. The number of amides is 1. The zero-order valence-corrected chi connectivity index (χ0v) is 20.0. The number of sulfonamides is 1. The number of nitrogens with zero attached hydrogens (tertiary/aromatic N) is 2. The second-order valence-corrected chi connectivity index (χ2v) is 11.0. The van der Waals surface area contributed by atoms with E-state index in [1.807, 2.05) is 0 Å². The van der Waals surface area contributed by atoms with Crippen molar-refractivity contribution >= 4 is 33.2 Å². The van der Waals surface area contributed by atoms with Gasteiger partial charge in [0.25, 0.3) is 15.9 Å². The fourth-order valence-corrected chi connectivity index (χ4v) is 6.35. The van der Waals surface area contributed by atoms with Crippen molar-refractivity contribution in [2.24, 2.45) is 5.14 Å². The molecule has 2 aromatic rings. The zero-order chi connectivity index (χ0) is 24.0. The maximum atomic E-state index is 13.5. The summed E-state index contributed by atoms with van der Waals surface area (Å²) in [7, 11) is -4.17. The van der Waals surface area contributed by atoms with E-state index in [1.165, 1.54) is 18.3 Å². The highest BCUT2D eigenvalue weighted by atomic mass is 35.5. The van der Waals surface area contributed by atoms with Crippen LogP contribution in [0, 0.1) is 5.82 Å². The molecule has 11 heteroatoms. The van der Waals surface area contributed by atoms with Gasteiger partial charge in [0.2, 0.25) is 0 Å². The Balaban J connectivity index is 1.38. The summed E-state index contributed by atoms with van der Waals surface area (Å²) in [6, 6.07) is 6.39. The molecule has 1 aromatic heterocycles. The third-order valence-corrected chi connectivity index (χ3v) is 8.38. The van der Waals surface area contributed by atoms with Gasteiger partial charge in [0.1, 0.15) is 10.8 Å². The van der Waals surface area contributed by atoms with Crippen molar-refractivity contribution in [1.82, 2.24) is 9.88 Å². The lowest BCUT2D eigenvalue weighted by molar-refractivity contribution is 0.0713. The van der Waals surface area contributed by atoms with Gasteiger partial charge in [-0.2, -0.15) is 0 Å². The largest absolute Gasteiger partial charge is 0.378 e. The highest BCUT2D eigenvalue weighted by Crippen LogP contribution is 2.39. The lowest BCUT2D eigenvalue weighted by atomic mass is 9.89. The van der Waals surface area contributed by atoms with Crippen LogP contribution in [0.3, 0.4) is 0 Å². The van der Waals surface area contributed by atoms with E-state index in [-0.39, 0.29) is 52.2 Å². The molecule has 8 nitrogen and oxygen atoms in total. The number of hydrogen-bond acceptors (Lipinski definition) is 6. The first-order valence-corrected chi connectivity index (χ1v) is 13.3. The Morgan fingerprint density at radius 1 is 1.18 bits per heavy atom. The molecule has 0 aliphatic carbocycles. The molecule has 3 atom stereocenters. The van der Waals surface area contributed by atoms with E-state index in [2.05, 4.69) is 10.3 Å². The van der Waals surface area contributed by atoms with Gasteiger partial charge in [0, 0.05) is 19.3 Å². The van der Waals surface area contributed by atoms with Gasteiger partial charge in [-0.1, -0.05) is 23.7 Å². The van der Waals surface area contributed by atoms with E-state index in [1.54, 1.807) is 17.0 Å². The number of aromatic nitrogens is 1. The number of hydrogen-bond donors (Lipinski definition) is 2. The minimum absolute atomic E-state index is 0.0124. The van der Waals surface area contributed by atoms with Gasteiger partial charge in [-0.3, -0.25) is 4.79 Å². The zero-order valence-electron chi connectivity index (χ0n) is 18.4. The maximum absolute atomic E-state index is 13.5. The number of nitrogens with two attached hydrogens (primary N) is 1. The smallest absolute Gasteiger partial charge is 0.257 e. The average Bonchev–Trinajstić information content (AvgIpc) is 3.43. The molecule has 4 heterocycles. The average molecular weight is 509 g/mol. The third kappa shape index (κ3) is 4.51. The summed E-state index contributed by atoms with van der Waals surface area (Å²) >= 11 is 6.45. The summed E-state index contributed by atoms with van der Waals surface area (Å²) in [5.41, 5.74) is 1.49. The number of nitrogens with one attached hydrogen (secondary N) is 1. The predicted molar refractivity (Wildman–Crippen MR) is 125 cm³/mol. The molecule has 0 saturated carbocycles. The number of fused-ring (bicyclic) bond motifs is 2. The number of carbonyl (C=O) groups excluding carboxylic acids is 1. The quantitative estimate of drug-likeness (QED) is 0.640. The summed E-state index contributed by atoms with van der Waals surface area (Å²) in [6.45, 7) is 1.01. The van der Waals surface area contributed by atoms with Gasteiger partial charge in [-0.15, -0.1) is 0 Å². The highest BCUT2D eigenvalue weighted by Gasteiger charge is 2.42. The van der Waals surface area contributed by atoms with E-state index in [0.29, 0.717) is 13.1 Å². The van der Waals surface area contributed by atoms with Crippen molar-refractivity contribution < 1.29 is 22.3 Å². The fraction of sp³-hybridized carbons (Fsp3) is 0.478. The molecule has 0 spiro atoms. The van der Waals surface area contributed by atoms with Gasteiger partial charge in [-0.25, -0.2) is 22.9 Å². The summed E-state index contributed by atoms with van der Waals surface area (Å²) in [5, 5.41) is 7.93. The molecule has 5 rings (SSSR count). The summed E-state index contributed by atoms with van der Waals surface area (Å²) in [6.07, 6.45) is 5.48. The number of carbonyl (C=O) groups is 1. The summed E-state index contributed by atoms with van der Waals surface area (Å²) < 4.78 is 43.1. The summed E-state index contributed by atoms with van der Waals surface area (Å²) in [4.78, 5) is 19.1. The van der Waals surface area contributed by atoms with Gasteiger partial charge >= 0.3 is 0 Å².